The van der Waals surface area contributed by atoms with E-state index in [0.29, 0.717) is 6.10 Å². The normalized spacial score (nSPS) is 20.2. The SMILES string of the molecule is Brc1ccc(O[C@H]2CCNC2)cc1.Cl. The van der Waals surface area contributed by atoms with E-state index in [1.54, 1.807) is 0 Å². The molecule has 1 aromatic carbocycles. The number of hydrogen-bond acceptors (Lipinski definition) is 2. The molecule has 0 unspecified atom stereocenters. The first-order valence-electron chi connectivity index (χ1n) is 4.47. The molecule has 1 atom stereocenters. The second-order valence-corrected chi connectivity index (χ2v) is 4.10. The largest absolute Gasteiger partial charge is 0.489 e. The first-order chi connectivity index (χ1) is 6.34. The van der Waals surface area contributed by atoms with Gasteiger partial charge in [-0.1, -0.05) is 15.9 Å². The molecule has 4 heteroatoms. The highest BCUT2D eigenvalue weighted by molar-refractivity contribution is 9.10. The lowest BCUT2D eigenvalue weighted by Gasteiger charge is -2.11. The van der Waals surface area contributed by atoms with Gasteiger partial charge in [-0.3, -0.25) is 0 Å². The van der Waals surface area contributed by atoms with E-state index in [2.05, 4.69) is 21.2 Å². The van der Waals surface area contributed by atoms with Gasteiger partial charge in [0.05, 0.1) is 0 Å². The number of hydrogen-bond donors (Lipinski definition) is 1. The highest BCUT2D eigenvalue weighted by Crippen LogP contribution is 2.18. The average Bonchev–Trinajstić information content (AvgIpc) is 2.62. The van der Waals surface area contributed by atoms with Crippen LogP contribution in [0.25, 0.3) is 0 Å². The summed E-state index contributed by atoms with van der Waals surface area (Å²) < 4.78 is 6.83. The molecule has 0 amide bonds. The number of benzene rings is 1. The van der Waals surface area contributed by atoms with E-state index in [-0.39, 0.29) is 12.4 Å². The summed E-state index contributed by atoms with van der Waals surface area (Å²) >= 11 is 3.39. The van der Waals surface area contributed by atoms with E-state index in [1.807, 2.05) is 24.3 Å². The summed E-state index contributed by atoms with van der Waals surface area (Å²) in [6, 6.07) is 7.97. The quantitative estimate of drug-likeness (QED) is 0.898. The fourth-order valence-electron chi connectivity index (χ4n) is 1.43. The van der Waals surface area contributed by atoms with Crippen LogP contribution >= 0.6 is 28.3 Å². The number of rotatable bonds is 2. The van der Waals surface area contributed by atoms with Crippen LogP contribution in [0.1, 0.15) is 6.42 Å². The van der Waals surface area contributed by atoms with Crippen LogP contribution in [0.4, 0.5) is 0 Å². The van der Waals surface area contributed by atoms with E-state index in [9.17, 15) is 0 Å². The first kappa shape index (κ1) is 11.8. The van der Waals surface area contributed by atoms with Gasteiger partial charge in [-0.25, -0.2) is 0 Å². The highest BCUT2D eigenvalue weighted by Gasteiger charge is 2.15. The van der Waals surface area contributed by atoms with Gasteiger partial charge >= 0.3 is 0 Å². The van der Waals surface area contributed by atoms with Crippen molar-refractivity contribution < 1.29 is 4.74 Å². The molecule has 0 spiro atoms. The van der Waals surface area contributed by atoms with Gasteiger partial charge in [-0.2, -0.15) is 0 Å². The Morgan fingerprint density at radius 3 is 2.57 bits per heavy atom. The van der Waals surface area contributed by atoms with E-state index in [4.69, 9.17) is 4.74 Å². The molecule has 0 bridgehead atoms. The van der Waals surface area contributed by atoms with Crippen LogP contribution in [0.15, 0.2) is 28.7 Å². The molecule has 1 aromatic rings. The molecule has 0 saturated carbocycles. The minimum Gasteiger partial charge on any atom is -0.489 e. The predicted octanol–water partition coefficient (Wildman–Crippen LogP) is 2.61. The molecule has 1 saturated heterocycles. The Bertz CT molecular complexity index is 272. The van der Waals surface area contributed by atoms with Crippen LogP contribution in [0.5, 0.6) is 5.75 Å². The topological polar surface area (TPSA) is 21.3 Å². The van der Waals surface area contributed by atoms with Gasteiger partial charge in [0.1, 0.15) is 11.9 Å². The third-order valence-corrected chi connectivity index (χ3v) is 2.66. The van der Waals surface area contributed by atoms with Crippen molar-refractivity contribution in [2.75, 3.05) is 13.1 Å². The van der Waals surface area contributed by atoms with Crippen molar-refractivity contribution in [1.82, 2.24) is 5.32 Å². The zero-order chi connectivity index (χ0) is 9.10. The molecule has 2 rings (SSSR count). The number of ether oxygens (including phenoxy) is 1. The first-order valence-corrected chi connectivity index (χ1v) is 5.27. The van der Waals surface area contributed by atoms with E-state index in [1.165, 1.54) is 0 Å². The van der Waals surface area contributed by atoms with E-state index < -0.39 is 0 Å². The van der Waals surface area contributed by atoms with Crippen molar-refractivity contribution in [3.8, 4) is 5.75 Å². The molecule has 1 heterocycles. The Kier molecular flexibility index (Phi) is 4.72. The zero-order valence-electron chi connectivity index (χ0n) is 7.70. The van der Waals surface area contributed by atoms with Gasteiger partial charge in [0.15, 0.2) is 0 Å². The molecule has 14 heavy (non-hydrogen) atoms. The lowest BCUT2D eigenvalue weighted by Crippen LogP contribution is -2.19. The van der Waals surface area contributed by atoms with Crippen LogP contribution in [0, 0.1) is 0 Å². The average molecular weight is 279 g/mol. The second-order valence-electron chi connectivity index (χ2n) is 3.19. The molecule has 1 aliphatic rings. The molecule has 2 nitrogen and oxygen atoms in total. The Hall–Kier alpha value is -0.250. The summed E-state index contributed by atoms with van der Waals surface area (Å²) in [6.45, 7) is 2.04. The summed E-state index contributed by atoms with van der Waals surface area (Å²) in [5.74, 6) is 0.955. The molecule has 0 aliphatic carbocycles. The molecule has 78 valence electrons. The van der Waals surface area contributed by atoms with Crippen molar-refractivity contribution in [3.63, 3.8) is 0 Å². The molecular weight excluding hydrogens is 265 g/mol. The van der Waals surface area contributed by atoms with Crippen molar-refractivity contribution in [1.29, 1.82) is 0 Å². The van der Waals surface area contributed by atoms with Gasteiger partial charge in [0, 0.05) is 11.0 Å². The molecular formula is C10H13BrClNO. The fraction of sp³-hybridized carbons (Fsp3) is 0.400. The summed E-state index contributed by atoms with van der Waals surface area (Å²) in [4.78, 5) is 0. The summed E-state index contributed by atoms with van der Waals surface area (Å²) in [5, 5.41) is 3.27. The van der Waals surface area contributed by atoms with Crippen LogP contribution in [-0.4, -0.2) is 19.2 Å². The van der Waals surface area contributed by atoms with Gasteiger partial charge in [0.25, 0.3) is 0 Å². The minimum absolute atomic E-state index is 0. The zero-order valence-corrected chi connectivity index (χ0v) is 10.1. The predicted molar refractivity (Wildman–Crippen MR) is 63.3 cm³/mol. The molecule has 1 aliphatic heterocycles. The Morgan fingerprint density at radius 2 is 2.00 bits per heavy atom. The standard InChI is InChI=1S/C10H12BrNO.ClH/c11-8-1-3-9(4-2-8)13-10-5-6-12-7-10;/h1-4,10,12H,5-7H2;1H/t10-;/m0./s1. The summed E-state index contributed by atoms with van der Waals surface area (Å²) in [6.07, 6.45) is 1.46. The van der Waals surface area contributed by atoms with E-state index >= 15 is 0 Å². The lowest BCUT2D eigenvalue weighted by molar-refractivity contribution is 0.223. The van der Waals surface area contributed by atoms with Crippen molar-refractivity contribution in [2.45, 2.75) is 12.5 Å². The highest BCUT2D eigenvalue weighted by atomic mass is 79.9. The van der Waals surface area contributed by atoms with Crippen LogP contribution in [0.3, 0.4) is 0 Å². The third kappa shape index (κ3) is 3.15. The number of nitrogens with one attached hydrogen (secondary N) is 1. The monoisotopic (exact) mass is 277 g/mol. The van der Waals surface area contributed by atoms with Crippen molar-refractivity contribution in [2.24, 2.45) is 0 Å². The number of halogens is 2. The molecule has 1 N–H and O–H groups in total. The van der Waals surface area contributed by atoms with Gasteiger partial charge in [0.2, 0.25) is 0 Å². The van der Waals surface area contributed by atoms with Gasteiger partial charge in [-0.05, 0) is 37.2 Å². The maximum atomic E-state index is 5.75. The van der Waals surface area contributed by atoms with Gasteiger partial charge in [-0.15, -0.1) is 12.4 Å². The van der Waals surface area contributed by atoms with Crippen molar-refractivity contribution >= 4 is 28.3 Å². The minimum atomic E-state index is 0. The lowest BCUT2D eigenvalue weighted by atomic mass is 10.3. The maximum Gasteiger partial charge on any atom is 0.119 e. The van der Waals surface area contributed by atoms with Crippen LogP contribution in [0.2, 0.25) is 0 Å². The third-order valence-electron chi connectivity index (χ3n) is 2.13. The summed E-state index contributed by atoms with van der Waals surface area (Å²) in [5.41, 5.74) is 0. The van der Waals surface area contributed by atoms with Crippen molar-refractivity contribution in [3.05, 3.63) is 28.7 Å². The second kappa shape index (κ2) is 5.59. The van der Waals surface area contributed by atoms with Gasteiger partial charge < -0.3 is 10.1 Å². The maximum absolute atomic E-state index is 5.75. The van der Waals surface area contributed by atoms with Crippen LogP contribution in [-0.2, 0) is 0 Å². The Balaban J connectivity index is 0.000000980. The Morgan fingerprint density at radius 1 is 1.29 bits per heavy atom. The Labute approximate surface area is 98.6 Å². The summed E-state index contributed by atoms with van der Waals surface area (Å²) in [7, 11) is 0. The molecule has 0 aromatic heterocycles. The molecule has 1 fully saturated rings. The molecule has 0 radical (unpaired) electrons. The van der Waals surface area contributed by atoms with E-state index in [0.717, 1.165) is 29.7 Å². The van der Waals surface area contributed by atoms with Crippen LogP contribution < -0.4 is 10.1 Å². The smallest absolute Gasteiger partial charge is 0.119 e. The fourth-order valence-corrected chi connectivity index (χ4v) is 1.70.